The van der Waals surface area contributed by atoms with Gasteiger partial charge in [-0.3, -0.25) is 4.79 Å². The third kappa shape index (κ3) is 2.58. The molecule has 0 atom stereocenters. The topological polar surface area (TPSA) is 75.7 Å². The minimum Gasteiger partial charge on any atom is -0.369 e. The summed E-state index contributed by atoms with van der Waals surface area (Å²) in [6.45, 7) is 2.42. The van der Waals surface area contributed by atoms with Crippen LogP contribution in [0.25, 0.3) is 5.65 Å². The molecule has 1 fully saturated rings. The Hall–Kier alpha value is -2.08. The van der Waals surface area contributed by atoms with Crippen LogP contribution in [0.5, 0.6) is 0 Å². The lowest BCUT2D eigenvalue weighted by Gasteiger charge is -2.31. The number of nitrogens with one attached hydrogen (secondary N) is 1. The molecule has 112 valence electrons. The maximum absolute atomic E-state index is 11.3. The number of carbonyl (C=O) groups excluding carboxylic acids is 1. The summed E-state index contributed by atoms with van der Waals surface area (Å²) in [6.07, 6.45) is 3.65. The number of hydrogen-bond donors (Lipinski definition) is 2. The van der Waals surface area contributed by atoms with E-state index in [0.29, 0.717) is 0 Å². The van der Waals surface area contributed by atoms with Crippen molar-refractivity contribution >= 4 is 17.4 Å². The summed E-state index contributed by atoms with van der Waals surface area (Å²) in [7, 11) is 1.94. The van der Waals surface area contributed by atoms with Gasteiger partial charge in [-0.15, -0.1) is 0 Å². The van der Waals surface area contributed by atoms with Crippen molar-refractivity contribution in [3.05, 3.63) is 30.1 Å². The van der Waals surface area contributed by atoms with Crippen LogP contribution in [-0.2, 0) is 11.3 Å². The standard InChI is InChI=1S/C15H21N5O/c1-17-10-12-15(18-13-4-2-3-7-20(12)13)19-8-5-11(6-9-19)14(16)21/h2-4,7,11,17H,5-6,8-10H2,1H3,(H2,16,21). The number of nitrogens with zero attached hydrogens (tertiary/aromatic N) is 3. The van der Waals surface area contributed by atoms with Gasteiger partial charge >= 0.3 is 0 Å². The van der Waals surface area contributed by atoms with Gasteiger partial charge in [-0.1, -0.05) is 6.07 Å². The van der Waals surface area contributed by atoms with E-state index < -0.39 is 0 Å². The van der Waals surface area contributed by atoms with Crippen LogP contribution >= 0.6 is 0 Å². The largest absolute Gasteiger partial charge is 0.369 e. The number of primary amides is 1. The van der Waals surface area contributed by atoms with Crippen molar-refractivity contribution in [3.8, 4) is 0 Å². The number of pyridine rings is 1. The Labute approximate surface area is 123 Å². The fourth-order valence-electron chi connectivity index (χ4n) is 2.99. The monoisotopic (exact) mass is 287 g/mol. The van der Waals surface area contributed by atoms with Gasteiger partial charge in [-0.25, -0.2) is 4.98 Å². The number of anilines is 1. The Morgan fingerprint density at radius 1 is 1.43 bits per heavy atom. The zero-order chi connectivity index (χ0) is 14.8. The number of nitrogens with two attached hydrogens (primary N) is 1. The van der Waals surface area contributed by atoms with E-state index in [1.165, 1.54) is 0 Å². The van der Waals surface area contributed by atoms with Crippen LogP contribution < -0.4 is 16.0 Å². The second kappa shape index (κ2) is 5.73. The van der Waals surface area contributed by atoms with E-state index in [1.807, 2.05) is 31.4 Å². The van der Waals surface area contributed by atoms with Gasteiger partial charge in [0.15, 0.2) is 5.82 Å². The molecule has 0 radical (unpaired) electrons. The first-order valence-corrected chi connectivity index (χ1v) is 7.35. The Kier molecular flexibility index (Phi) is 3.79. The highest BCUT2D eigenvalue weighted by Crippen LogP contribution is 2.26. The van der Waals surface area contributed by atoms with Crippen molar-refractivity contribution in [3.63, 3.8) is 0 Å². The zero-order valence-electron chi connectivity index (χ0n) is 12.2. The Morgan fingerprint density at radius 3 is 2.86 bits per heavy atom. The lowest BCUT2D eigenvalue weighted by Crippen LogP contribution is -2.39. The minimum atomic E-state index is -0.180. The average molecular weight is 287 g/mol. The second-order valence-electron chi connectivity index (χ2n) is 5.50. The summed E-state index contributed by atoms with van der Waals surface area (Å²) in [5.41, 5.74) is 7.51. The molecule has 2 aromatic rings. The van der Waals surface area contributed by atoms with E-state index in [4.69, 9.17) is 10.7 Å². The zero-order valence-corrected chi connectivity index (χ0v) is 12.2. The number of fused-ring (bicyclic) bond motifs is 1. The predicted molar refractivity (Wildman–Crippen MR) is 82.1 cm³/mol. The first-order valence-electron chi connectivity index (χ1n) is 7.35. The maximum Gasteiger partial charge on any atom is 0.220 e. The molecule has 6 heteroatoms. The first kappa shape index (κ1) is 13.9. The molecule has 3 N–H and O–H groups in total. The smallest absolute Gasteiger partial charge is 0.220 e. The van der Waals surface area contributed by atoms with Crippen LogP contribution in [0.1, 0.15) is 18.5 Å². The number of carbonyl (C=O) groups is 1. The number of amides is 1. The van der Waals surface area contributed by atoms with Gasteiger partial charge in [0.05, 0.1) is 5.69 Å². The first-order chi connectivity index (χ1) is 10.2. The normalized spacial score (nSPS) is 16.5. The van der Waals surface area contributed by atoms with Crippen molar-refractivity contribution in [2.75, 3.05) is 25.0 Å². The fourth-order valence-corrected chi connectivity index (χ4v) is 2.99. The predicted octanol–water partition coefficient (Wildman–Crippen LogP) is 0.755. The molecule has 1 aliphatic rings. The second-order valence-corrected chi connectivity index (χ2v) is 5.50. The van der Waals surface area contributed by atoms with E-state index in [9.17, 15) is 4.79 Å². The van der Waals surface area contributed by atoms with Crippen molar-refractivity contribution in [1.29, 1.82) is 0 Å². The van der Waals surface area contributed by atoms with E-state index in [0.717, 1.165) is 49.6 Å². The average Bonchev–Trinajstić information content (AvgIpc) is 2.87. The molecule has 0 aliphatic carbocycles. The molecule has 1 amide bonds. The summed E-state index contributed by atoms with van der Waals surface area (Å²) in [6, 6.07) is 6.02. The van der Waals surface area contributed by atoms with Crippen LogP contribution in [0.4, 0.5) is 5.82 Å². The van der Waals surface area contributed by atoms with Gasteiger partial charge in [0.2, 0.25) is 5.91 Å². The number of imidazole rings is 1. The summed E-state index contributed by atoms with van der Waals surface area (Å²) in [5.74, 6) is 0.838. The maximum atomic E-state index is 11.3. The quantitative estimate of drug-likeness (QED) is 0.870. The number of piperidine rings is 1. The molecular formula is C15H21N5O. The molecule has 1 saturated heterocycles. The van der Waals surface area contributed by atoms with Crippen LogP contribution in [0.15, 0.2) is 24.4 Å². The van der Waals surface area contributed by atoms with E-state index >= 15 is 0 Å². The summed E-state index contributed by atoms with van der Waals surface area (Å²) < 4.78 is 2.12. The lowest BCUT2D eigenvalue weighted by molar-refractivity contribution is -0.122. The molecule has 0 bridgehead atoms. The Balaban J connectivity index is 1.90. The van der Waals surface area contributed by atoms with Gasteiger partial charge in [0.1, 0.15) is 5.65 Å². The van der Waals surface area contributed by atoms with Crippen molar-refractivity contribution in [2.24, 2.45) is 11.7 Å². The van der Waals surface area contributed by atoms with Crippen LogP contribution in [-0.4, -0.2) is 35.4 Å². The highest BCUT2D eigenvalue weighted by atomic mass is 16.1. The van der Waals surface area contributed by atoms with Crippen molar-refractivity contribution < 1.29 is 4.79 Å². The molecule has 3 heterocycles. The summed E-state index contributed by atoms with van der Waals surface area (Å²) in [4.78, 5) is 18.3. The highest BCUT2D eigenvalue weighted by Gasteiger charge is 2.26. The third-order valence-electron chi connectivity index (χ3n) is 4.15. The van der Waals surface area contributed by atoms with Crippen LogP contribution in [0.2, 0.25) is 0 Å². The minimum absolute atomic E-state index is 0.00558. The molecule has 21 heavy (non-hydrogen) atoms. The van der Waals surface area contributed by atoms with Gasteiger partial charge in [-0.2, -0.15) is 0 Å². The molecule has 6 nitrogen and oxygen atoms in total. The molecule has 1 aliphatic heterocycles. The molecule has 0 spiro atoms. The van der Waals surface area contributed by atoms with Crippen LogP contribution in [0, 0.1) is 5.92 Å². The third-order valence-corrected chi connectivity index (χ3v) is 4.15. The Morgan fingerprint density at radius 2 is 2.19 bits per heavy atom. The van der Waals surface area contributed by atoms with E-state index in [-0.39, 0.29) is 11.8 Å². The van der Waals surface area contributed by atoms with E-state index in [1.54, 1.807) is 0 Å². The van der Waals surface area contributed by atoms with Gasteiger partial charge in [0.25, 0.3) is 0 Å². The summed E-state index contributed by atoms with van der Waals surface area (Å²) >= 11 is 0. The number of rotatable bonds is 4. The van der Waals surface area contributed by atoms with Gasteiger partial charge in [-0.05, 0) is 32.0 Å². The van der Waals surface area contributed by atoms with E-state index in [2.05, 4.69) is 14.6 Å². The number of aromatic nitrogens is 2. The molecule has 3 rings (SSSR count). The Bertz CT molecular complexity index is 643. The lowest BCUT2D eigenvalue weighted by atomic mass is 9.96. The molecule has 0 aromatic carbocycles. The van der Waals surface area contributed by atoms with Crippen molar-refractivity contribution in [1.82, 2.24) is 14.7 Å². The fraction of sp³-hybridized carbons (Fsp3) is 0.467. The van der Waals surface area contributed by atoms with Gasteiger partial charge in [0, 0.05) is 31.7 Å². The summed E-state index contributed by atoms with van der Waals surface area (Å²) in [5, 5.41) is 3.21. The highest BCUT2D eigenvalue weighted by molar-refractivity contribution is 5.77. The number of hydrogen-bond acceptors (Lipinski definition) is 4. The molecule has 2 aromatic heterocycles. The molecule has 0 unspecified atom stereocenters. The SMILES string of the molecule is CNCc1c(N2CCC(C(N)=O)CC2)nc2ccccn12. The van der Waals surface area contributed by atoms with Crippen LogP contribution in [0.3, 0.4) is 0 Å². The molecular weight excluding hydrogens is 266 g/mol. The molecule has 0 saturated carbocycles. The van der Waals surface area contributed by atoms with Gasteiger partial charge < -0.3 is 20.4 Å². The van der Waals surface area contributed by atoms with Crippen molar-refractivity contribution in [2.45, 2.75) is 19.4 Å².